The van der Waals surface area contributed by atoms with Crippen molar-refractivity contribution < 1.29 is 0 Å². The topological polar surface area (TPSA) is 63.8 Å². The van der Waals surface area contributed by atoms with E-state index < -0.39 is 0 Å². The van der Waals surface area contributed by atoms with Crippen LogP contribution in [0.15, 0.2) is 30.5 Å². The molecule has 0 aliphatic rings. The van der Waals surface area contributed by atoms with Crippen molar-refractivity contribution in [3.05, 3.63) is 30.5 Å². The number of nitrogens with two attached hydrogens (primary N) is 1. The smallest absolute Gasteiger partial charge is 0.145 e. The molecular formula is C13H18N4. The van der Waals surface area contributed by atoms with Crippen molar-refractivity contribution >= 4 is 16.9 Å². The number of rotatable bonds is 5. The average molecular weight is 230 g/mol. The molecule has 0 saturated heterocycles. The molecule has 1 heterocycles. The van der Waals surface area contributed by atoms with Crippen molar-refractivity contribution in [1.82, 2.24) is 9.97 Å². The largest absolute Gasteiger partial charge is 0.367 e. The van der Waals surface area contributed by atoms with Crippen LogP contribution in [0.3, 0.4) is 0 Å². The monoisotopic (exact) mass is 230 g/mol. The molecule has 17 heavy (non-hydrogen) atoms. The highest BCUT2D eigenvalue weighted by Crippen LogP contribution is 2.11. The maximum Gasteiger partial charge on any atom is 0.145 e. The van der Waals surface area contributed by atoms with Crippen molar-refractivity contribution in [2.45, 2.75) is 25.8 Å². The predicted molar refractivity (Wildman–Crippen MR) is 70.9 cm³/mol. The van der Waals surface area contributed by atoms with E-state index in [-0.39, 0.29) is 6.04 Å². The van der Waals surface area contributed by atoms with E-state index in [1.807, 2.05) is 24.3 Å². The lowest BCUT2D eigenvalue weighted by molar-refractivity contribution is 0.626. The molecule has 0 aliphatic carbocycles. The molecule has 0 bridgehead atoms. The van der Waals surface area contributed by atoms with E-state index in [4.69, 9.17) is 5.73 Å². The number of anilines is 1. The molecule has 0 spiro atoms. The molecule has 0 saturated carbocycles. The number of hydrogen-bond donors (Lipinski definition) is 2. The third-order valence-corrected chi connectivity index (χ3v) is 2.65. The van der Waals surface area contributed by atoms with Crippen molar-refractivity contribution in [3.8, 4) is 0 Å². The first-order valence-corrected chi connectivity index (χ1v) is 6.01. The summed E-state index contributed by atoms with van der Waals surface area (Å²) < 4.78 is 0. The van der Waals surface area contributed by atoms with Crippen molar-refractivity contribution in [1.29, 1.82) is 0 Å². The van der Waals surface area contributed by atoms with Crippen LogP contribution in [-0.4, -0.2) is 22.6 Å². The summed E-state index contributed by atoms with van der Waals surface area (Å²) in [5.41, 5.74) is 7.75. The zero-order valence-electron chi connectivity index (χ0n) is 10.1. The van der Waals surface area contributed by atoms with Crippen LogP contribution >= 0.6 is 0 Å². The minimum atomic E-state index is 0.174. The molecule has 0 radical (unpaired) electrons. The van der Waals surface area contributed by atoms with Crippen LogP contribution in [0.5, 0.6) is 0 Å². The Hall–Kier alpha value is -1.68. The Morgan fingerprint density at radius 1 is 1.29 bits per heavy atom. The minimum absolute atomic E-state index is 0.174. The number of aromatic nitrogens is 2. The molecule has 90 valence electrons. The summed E-state index contributed by atoms with van der Waals surface area (Å²) in [5, 5.41) is 3.22. The van der Waals surface area contributed by atoms with Gasteiger partial charge in [0.2, 0.25) is 0 Å². The van der Waals surface area contributed by atoms with Gasteiger partial charge in [-0.05, 0) is 18.6 Å². The summed E-state index contributed by atoms with van der Waals surface area (Å²) in [6.45, 7) is 2.87. The lowest BCUT2D eigenvalue weighted by atomic mass is 10.2. The fraction of sp³-hybridized carbons (Fsp3) is 0.385. The van der Waals surface area contributed by atoms with Gasteiger partial charge >= 0.3 is 0 Å². The molecule has 1 aromatic heterocycles. The van der Waals surface area contributed by atoms with Gasteiger partial charge < -0.3 is 11.1 Å². The highest BCUT2D eigenvalue weighted by atomic mass is 15.0. The van der Waals surface area contributed by atoms with Gasteiger partial charge in [-0.1, -0.05) is 25.5 Å². The molecule has 2 rings (SSSR count). The number of para-hydroxylation sites is 2. The molecule has 0 amide bonds. The fourth-order valence-corrected chi connectivity index (χ4v) is 1.75. The molecule has 0 fully saturated rings. The van der Waals surface area contributed by atoms with E-state index in [1.165, 1.54) is 0 Å². The summed E-state index contributed by atoms with van der Waals surface area (Å²) in [7, 11) is 0. The zero-order valence-corrected chi connectivity index (χ0v) is 10.1. The minimum Gasteiger partial charge on any atom is -0.367 e. The SMILES string of the molecule is CCCC(N)CNc1cnc2ccccc2n1. The maximum atomic E-state index is 5.93. The molecule has 1 aromatic carbocycles. The summed E-state index contributed by atoms with van der Waals surface area (Å²) in [6, 6.07) is 8.01. The molecule has 1 unspecified atom stereocenters. The van der Waals surface area contributed by atoms with Crippen LogP contribution in [0.1, 0.15) is 19.8 Å². The highest BCUT2D eigenvalue weighted by Gasteiger charge is 2.02. The Bertz CT molecular complexity index is 484. The second kappa shape index (κ2) is 5.59. The van der Waals surface area contributed by atoms with Gasteiger partial charge in [0.1, 0.15) is 5.82 Å². The first-order valence-electron chi connectivity index (χ1n) is 6.01. The lowest BCUT2D eigenvalue weighted by Gasteiger charge is -2.11. The maximum absolute atomic E-state index is 5.93. The summed E-state index contributed by atoms with van der Waals surface area (Å²) in [4.78, 5) is 8.82. The molecule has 1 atom stereocenters. The quantitative estimate of drug-likeness (QED) is 0.826. The van der Waals surface area contributed by atoms with E-state index in [9.17, 15) is 0 Å². The average Bonchev–Trinajstić information content (AvgIpc) is 2.36. The van der Waals surface area contributed by atoms with Crippen molar-refractivity contribution in [2.24, 2.45) is 5.73 Å². The van der Waals surface area contributed by atoms with Crippen molar-refractivity contribution in [2.75, 3.05) is 11.9 Å². The molecule has 4 nitrogen and oxygen atoms in total. The Balaban J connectivity index is 2.04. The Labute approximate surface area is 101 Å². The van der Waals surface area contributed by atoms with Gasteiger partial charge in [-0.3, -0.25) is 4.98 Å². The van der Waals surface area contributed by atoms with Crippen molar-refractivity contribution in [3.63, 3.8) is 0 Å². The number of nitrogens with one attached hydrogen (secondary N) is 1. The lowest BCUT2D eigenvalue weighted by Crippen LogP contribution is -2.29. The standard InChI is InChI=1S/C13H18N4/c1-2-5-10(14)8-16-13-9-15-11-6-3-4-7-12(11)17-13/h3-4,6-7,9-10H,2,5,8,14H2,1H3,(H,16,17). The summed E-state index contributed by atoms with van der Waals surface area (Å²) in [5.74, 6) is 0.787. The fourth-order valence-electron chi connectivity index (χ4n) is 1.75. The van der Waals surface area contributed by atoms with E-state index in [0.29, 0.717) is 0 Å². The Kier molecular flexibility index (Phi) is 3.88. The first kappa shape index (κ1) is 11.8. The number of benzene rings is 1. The first-order chi connectivity index (χ1) is 8.29. The van der Waals surface area contributed by atoms with Crippen LogP contribution in [0.4, 0.5) is 5.82 Å². The van der Waals surface area contributed by atoms with Crippen LogP contribution in [0, 0.1) is 0 Å². The third-order valence-electron chi connectivity index (χ3n) is 2.65. The number of hydrogen-bond acceptors (Lipinski definition) is 4. The summed E-state index contributed by atoms with van der Waals surface area (Å²) in [6.07, 6.45) is 3.88. The van der Waals surface area contributed by atoms with E-state index in [1.54, 1.807) is 6.20 Å². The molecule has 0 aliphatic heterocycles. The van der Waals surface area contributed by atoms with Crippen LogP contribution < -0.4 is 11.1 Å². The third kappa shape index (κ3) is 3.14. The van der Waals surface area contributed by atoms with Gasteiger partial charge in [-0.2, -0.15) is 0 Å². The van der Waals surface area contributed by atoms with Gasteiger partial charge in [-0.15, -0.1) is 0 Å². The molecule has 3 N–H and O–H groups in total. The van der Waals surface area contributed by atoms with Gasteiger partial charge in [0.25, 0.3) is 0 Å². The van der Waals surface area contributed by atoms with Crippen LogP contribution in [0.25, 0.3) is 11.0 Å². The van der Waals surface area contributed by atoms with E-state index in [2.05, 4.69) is 22.2 Å². The number of fused-ring (bicyclic) bond motifs is 1. The van der Waals surface area contributed by atoms with E-state index >= 15 is 0 Å². The Morgan fingerprint density at radius 2 is 2.06 bits per heavy atom. The molecule has 2 aromatic rings. The highest BCUT2D eigenvalue weighted by molar-refractivity contribution is 5.75. The van der Waals surface area contributed by atoms with Gasteiger partial charge in [-0.25, -0.2) is 4.98 Å². The summed E-state index contributed by atoms with van der Waals surface area (Å²) >= 11 is 0. The normalized spacial score (nSPS) is 12.6. The van der Waals surface area contributed by atoms with Crippen LogP contribution in [-0.2, 0) is 0 Å². The van der Waals surface area contributed by atoms with Gasteiger partial charge in [0, 0.05) is 12.6 Å². The van der Waals surface area contributed by atoms with Crippen LogP contribution in [0.2, 0.25) is 0 Å². The second-order valence-electron chi connectivity index (χ2n) is 4.17. The van der Waals surface area contributed by atoms with Gasteiger partial charge in [0.15, 0.2) is 0 Å². The van der Waals surface area contributed by atoms with E-state index in [0.717, 1.165) is 36.2 Å². The Morgan fingerprint density at radius 3 is 2.82 bits per heavy atom. The number of nitrogens with zero attached hydrogens (tertiary/aromatic N) is 2. The van der Waals surface area contributed by atoms with Gasteiger partial charge in [0.05, 0.1) is 17.2 Å². The zero-order chi connectivity index (χ0) is 12.1. The predicted octanol–water partition coefficient (Wildman–Crippen LogP) is 2.17. The molecule has 4 heteroatoms. The molecular weight excluding hydrogens is 212 g/mol. The second-order valence-corrected chi connectivity index (χ2v) is 4.17.